The summed E-state index contributed by atoms with van der Waals surface area (Å²) in [5, 5.41) is 13.5. The molecular weight excluding hydrogens is 222 g/mol. The molecule has 92 valence electrons. The van der Waals surface area contributed by atoms with Crippen molar-refractivity contribution in [3.63, 3.8) is 0 Å². The van der Waals surface area contributed by atoms with Crippen molar-refractivity contribution in [3.8, 4) is 0 Å². The fraction of sp³-hybridized carbons (Fsp3) is 0.818. The molecule has 0 spiro atoms. The zero-order valence-electron chi connectivity index (χ0n) is 10.5. The molecule has 1 heterocycles. The van der Waals surface area contributed by atoms with Gasteiger partial charge in [-0.25, -0.2) is 0 Å². The lowest BCUT2D eigenvalue weighted by molar-refractivity contribution is 0.0787. The van der Waals surface area contributed by atoms with Crippen molar-refractivity contribution >= 4 is 16.5 Å². The molecule has 0 aliphatic carbocycles. The molecule has 0 aromatic carbocycles. The van der Waals surface area contributed by atoms with Crippen LogP contribution in [0.1, 0.15) is 45.0 Å². The summed E-state index contributed by atoms with van der Waals surface area (Å²) in [4.78, 5) is 0. The summed E-state index contributed by atoms with van der Waals surface area (Å²) in [6.45, 7) is 10.0. The van der Waals surface area contributed by atoms with Crippen molar-refractivity contribution in [3.05, 3.63) is 5.01 Å². The van der Waals surface area contributed by atoms with Crippen molar-refractivity contribution in [2.24, 2.45) is 0 Å². The molecule has 16 heavy (non-hydrogen) atoms. The van der Waals surface area contributed by atoms with E-state index in [2.05, 4.69) is 29.4 Å². The van der Waals surface area contributed by atoms with Gasteiger partial charge in [-0.3, -0.25) is 0 Å². The van der Waals surface area contributed by atoms with Gasteiger partial charge in [-0.1, -0.05) is 25.2 Å². The Morgan fingerprint density at radius 1 is 1.25 bits per heavy atom. The van der Waals surface area contributed by atoms with Crippen LogP contribution in [0.4, 0.5) is 5.13 Å². The minimum Gasteiger partial charge on any atom is -0.379 e. The first kappa shape index (κ1) is 13.4. The third kappa shape index (κ3) is 4.90. The molecule has 0 radical (unpaired) electrons. The molecule has 5 heteroatoms. The van der Waals surface area contributed by atoms with Crippen molar-refractivity contribution in [1.29, 1.82) is 0 Å². The molecule has 0 aliphatic rings. The maximum absolute atomic E-state index is 5.45. The molecule has 1 N–H and O–H groups in total. The number of anilines is 1. The van der Waals surface area contributed by atoms with Crippen LogP contribution in [0.3, 0.4) is 0 Å². The van der Waals surface area contributed by atoms with Crippen LogP contribution in [0.5, 0.6) is 0 Å². The Bertz CT molecular complexity index is 299. The van der Waals surface area contributed by atoms with Gasteiger partial charge in [0.25, 0.3) is 0 Å². The maximum atomic E-state index is 5.45. The summed E-state index contributed by atoms with van der Waals surface area (Å²) in [7, 11) is 0. The summed E-state index contributed by atoms with van der Waals surface area (Å²) in [5.74, 6) is 0.456. The van der Waals surface area contributed by atoms with Gasteiger partial charge in [0, 0.05) is 19.1 Å². The highest BCUT2D eigenvalue weighted by Gasteiger charge is 2.06. The van der Waals surface area contributed by atoms with E-state index in [4.69, 9.17) is 4.74 Å². The molecule has 1 rings (SSSR count). The van der Waals surface area contributed by atoms with Crippen LogP contribution in [0.2, 0.25) is 0 Å². The minimum absolute atomic E-state index is 0.314. The molecule has 0 fully saturated rings. The Hall–Kier alpha value is -0.680. The van der Waals surface area contributed by atoms with Gasteiger partial charge in [0.2, 0.25) is 5.13 Å². The smallest absolute Gasteiger partial charge is 0.205 e. The maximum Gasteiger partial charge on any atom is 0.205 e. The number of hydrogen-bond donors (Lipinski definition) is 1. The number of nitrogens with zero attached hydrogens (tertiary/aromatic N) is 2. The van der Waals surface area contributed by atoms with E-state index in [0.29, 0.717) is 12.0 Å². The van der Waals surface area contributed by atoms with Gasteiger partial charge in [-0.05, 0) is 20.3 Å². The zero-order valence-corrected chi connectivity index (χ0v) is 11.3. The normalized spacial score (nSPS) is 11.4. The van der Waals surface area contributed by atoms with E-state index >= 15 is 0 Å². The highest BCUT2D eigenvalue weighted by Crippen LogP contribution is 2.22. The average Bonchev–Trinajstić information content (AvgIpc) is 2.65. The molecule has 0 unspecified atom stereocenters. The summed E-state index contributed by atoms with van der Waals surface area (Å²) >= 11 is 1.63. The molecule has 4 nitrogen and oxygen atoms in total. The van der Waals surface area contributed by atoms with Crippen LogP contribution in [-0.2, 0) is 4.74 Å². The number of rotatable bonds is 7. The van der Waals surface area contributed by atoms with Gasteiger partial charge in [-0.15, -0.1) is 10.2 Å². The Kier molecular flexibility index (Phi) is 5.69. The highest BCUT2D eigenvalue weighted by molar-refractivity contribution is 7.15. The fourth-order valence-corrected chi connectivity index (χ4v) is 1.90. The Labute approximate surface area is 101 Å². The first-order chi connectivity index (χ1) is 7.59. The standard InChI is InChI=1S/C11H21N3OS/c1-8(2)10-13-14-11(16-10)12-6-5-7-15-9(3)4/h8-9H,5-7H2,1-4H3,(H,12,14). The van der Waals surface area contributed by atoms with E-state index in [9.17, 15) is 0 Å². The summed E-state index contributed by atoms with van der Waals surface area (Å²) in [5.41, 5.74) is 0. The van der Waals surface area contributed by atoms with Gasteiger partial charge in [0.1, 0.15) is 5.01 Å². The molecule has 1 aromatic heterocycles. The van der Waals surface area contributed by atoms with E-state index in [1.54, 1.807) is 11.3 Å². The van der Waals surface area contributed by atoms with Crippen molar-refractivity contribution in [1.82, 2.24) is 10.2 Å². The van der Waals surface area contributed by atoms with E-state index in [1.165, 1.54) is 0 Å². The second-order valence-electron chi connectivity index (χ2n) is 4.30. The quantitative estimate of drug-likeness (QED) is 0.748. The average molecular weight is 243 g/mol. The molecule has 0 saturated heterocycles. The van der Waals surface area contributed by atoms with Crippen molar-refractivity contribution in [2.45, 2.75) is 46.1 Å². The van der Waals surface area contributed by atoms with Gasteiger partial charge >= 0.3 is 0 Å². The SMILES string of the molecule is CC(C)OCCCNc1nnc(C(C)C)s1. The first-order valence-electron chi connectivity index (χ1n) is 5.78. The number of nitrogens with one attached hydrogen (secondary N) is 1. The lowest BCUT2D eigenvalue weighted by atomic mass is 10.2. The third-order valence-corrected chi connectivity index (χ3v) is 3.16. The molecule has 0 saturated carbocycles. The number of hydrogen-bond acceptors (Lipinski definition) is 5. The van der Waals surface area contributed by atoms with Crippen LogP contribution in [-0.4, -0.2) is 29.5 Å². The topological polar surface area (TPSA) is 47.0 Å². The molecule has 0 atom stereocenters. The van der Waals surface area contributed by atoms with Crippen LogP contribution < -0.4 is 5.32 Å². The van der Waals surface area contributed by atoms with E-state index in [1.807, 2.05) is 13.8 Å². The largest absolute Gasteiger partial charge is 0.379 e. The minimum atomic E-state index is 0.314. The van der Waals surface area contributed by atoms with Crippen LogP contribution in [0.25, 0.3) is 0 Å². The number of aromatic nitrogens is 2. The Morgan fingerprint density at radius 2 is 2.00 bits per heavy atom. The molecule has 1 aromatic rings. The first-order valence-corrected chi connectivity index (χ1v) is 6.60. The summed E-state index contributed by atoms with van der Waals surface area (Å²) in [6, 6.07) is 0. The molecule has 0 amide bonds. The molecular formula is C11H21N3OS. The molecule has 0 bridgehead atoms. The Balaban J connectivity index is 2.17. The van der Waals surface area contributed by atoms with Crippen LogP contribution in [0.15, 0.2) is 0 Å². The highest BCUT2D eigenvalue weighted by atomic mass is 32.1. The van der Waals surface area contributed by atoms with Crippen molar-refractivity contribution in [2.75, 3.05) is 18.5 Å². The fourth-order valence-electron chi connectivity index (χ4n) is 1.13. The lowest BCUT2D eigenvalue weighted by Crippen LogP contribution is -2.09. The lowest BCUT2D eigenvalue weighted by Gasteiger charge is -2.06. The summed E-state index contributed by atoms with van der Waals surface area (Å²) in [6.07, 6.45) is 1.31. The second-order valence-corrected chi connectivity index (χ2v) is 5.31. The van der Waals surface area contributed by atoms with E-state index in [-0.39, 0.29) is 0 Å². The number of ether oxygens (including phenoxy) is 1. The predicted molar refractivity (Wildman–Crippen MR) is 68.2 cm³/mol. The van der Waals surface area contributed by atoms with Crippen molar-refractivity contribution < 1.29 is 4.74 Å². The van der Waals surface area contributed by atoms with Gasteiger partial charge in [-0.2, -0.15) is 0 Å². The zero-order chi connectivity index (χ0) is 12.0. The van der Waals surface area contributed by atoms with Gasteiger partial charge in [0.15, 0.2) is 0 Å². The summed E-state index contributed by atoms with van der Waals surface area (Å²) < 4.78 is 5.45. The van der Waals surface area contributed by atoms with Gasteiger partial charge < -0.3 is 10.1 Å². The van der Waals surface area contributed by atoms with Crippen LogP contribution in [0, 0.1) is 0 Å². The van der Waals surface area contributed by atoms with E-state index in [0.717, 1.165) is 29.7 Å². The second kappa shape index (κ2) is 6.81. The molecule has 0 aliphatic heterocycles. The van der Waals surface area contributed by atoms with E-state index < -0.39 is 0 Å². The predicted octanol–water partition coefficient (Wildman–Crippen LogP) is 2.89. The Morgan fingerprint density at radius 3 is 2.56 bits per heavy atom. The third-order valence-electron chi connectivity index (χ3n) is 1.98. The monoisotopic (exact) mass is 243 g/mol. The van der Waals surface area contributed by atoms with Crippen LogP contribution >= 0.6 is 11.3 Å². The van der Waals surface area contributed by atoms with Gasteiger partial charge in [0.05, 0.1) is 6.10 Å².